The molecule has 0 bridgehead atoms. The van der Waals surface area contributed by atoms with Gasteiger partial charge in [0.05, 0.1) is 26.2 Å². The number of aryl methyl sites for hydroxylation is 1. The molecule has 3 N–H and O–H groups in total. The summed E-state index contributed by atoms with van der Waals surface area (Å²) in [6, 6.07) is 22.1. The molecule has 0 unspecified atom stereocenters. The second-order valence-electron chi connectivity index (χ2n) is 10.8. The maximum atomic E-state index is 12.8. The summed E-state index contributed by atoms with van der Waals surface area (Å²) in [5, 5.41) is 21.4. The Labute approximate surface area is 272 Å². The van der Waals surface area contributed by atoms with E-state index >= 15 is 0 Å². The fraction of sp³-hybridized carbons (Fsp3) is 0.412. The molecule has 3 aromatic carbocycles. The van der Waals surface area contributed by atoms with Crippen LogP contribution in [0.5, 0.6) is 23.0 Å². The van der Waals surface area contributed by atoms with E-state index in [1.54, 1.807) is 19.2 Å². The van der Waals surface area contributed by atoms with Crippen LogP contribution in [0.1, 0.15) is 36.5 Å². The number of carboxylic acid groups (broad SMARTS) is 1. The average Bonchev–Trinajstić information content (AvgIpc) is 3.56. The number of nitrogens with one attached hydrogen (secondary N) is 1. The van der Waals surface area contributed by atoms with Crippen molar-refractivity contribution in [2.75, 3.05) is 46.6 Å². The number of rotatable bonds is 15. The van der Waals surface area contributed by atoms with Crippen LogP contribution in [0.3, 0.4) is 0 Å². The number of aliphatic hydroxyl groups excluding tert-OH is 1. The number of aliphatic carboxylic acids is 1. The molecule has 0 spiro atoms. The molecule has 256 valence electrons. The Kier molecular flexibility index (Phi) is 14.6. The van der Waals surface area contributed by atoms with Gasteiger partial charge in [-0.1, -0.05) is 24.3 Å². The lowest BCUT2D eigenvalue weighted by atomic mass is 10.0. The highest BCUT2D eigenvalue weighted by Gasteiger charge is 2.38. The second kappa shape index (κ2) is 18.6. The van der Waals surface area contributed by atoms with E-state index < -0.39 is 24.3 Å². The minimum Gasteiger partial charge on any atom is -0.497 e. The Balaban J connectivity index is 0.000000771. The van der Waals surface area contributed by atoms with Gasteiger partial charge >= 0.3 is 12.1 Å². The van der Waals surface area contributed by atoms with Crippen LogP contribution >= 0.6 is 0 Å². The molecule has 13 heteroatoms. The third-order valence-corrected chi connectivity index (χ3v) is 7.11. The lowest BCUT2D eigenvalue weighted by Crippen LogP contribution is -2.47. The Morgan fingerprint density at radius 1 is 0.851 bits per heavy atom. The van der Waals surface area contributed by atoms with E-state index in [0.717, 1.165) is 48.6 Å². The SMILES string of the molecule is COc1ccc(OCCC(=O)N[C@H](CN2CCCC2)[C@H](O)c2ccc(OCCOc3cccc(C)c3)cc2)cc1.O=C(O)C(F)(F)F. The first kappa shape index (κ1) is 37.0. The van der Waals surface area contributed by atoms with Gasteiger partial charge in [0.2, 0.25) is 5.91 Å². The van der Waals surface area contributed by atoms with Gasteiger partial charge in [-0.25, -0.2) is 4.79 Å². The van der Waals surface area contributed by atoms with Gasteiger partial charge in [-0.3, -0.25) is 4.79 Å². The topological polar surface area (TPSA) is 127 Å². The molecule has 2 atom stereocenters. The molecule has 4 rings (SSSR count). The van der Waals surface area contributed by atoms with E-state index in [9.17, 15) is 23.1 Å². The Morgan fingerprint density at radius 3 is 1.94 bits per heavy atom. The zero-order valence-electron chi connectivity index (χ0n) is 26.4. The van der Waals surface area contributed by atoms with Crippen molar-refractivity contribution in [3.8, 4) is 23.0 Å². The summed E-state index contributed by atoms with van der Waals surface area (Å²) in [7, 11) is 1.61. The molecular formula is C34H41F3N2O8. The summed E-state index contributed by atoms with van der Waals surface area (Å²) >= 11 is 0. The minimum atomic E-state index is -5.08. The number of hydrogen-bond donors (Lipinski definition) is 3. The largest absolute Gasteiger partial charge is 0.497 e. The van der Waals surface area contributed by atoms with E-state index in [4.69, 9.17) is 28.8 Å². The summed E-state index contributed by atoms with van der Waals surface area (Å²) in [6.45, 7) is 5.63. The van der Waals surface area contributed by atoms with Crippen LogP contribution in [0.4, 0.5) is 13.2 Å². The molecule has 1 amide bonds. The number of carboxylic acids is 1. The van der Waals surface area contributed by atoms with Crippen molar-refractivity contribution in [2.45, 2.75) is 44.5 Å². The molecule has 1 heterocycles. The second-order valence-corrected chi connectivity index (χ2v) is 10.8. The third kappa shape index (κ3) is 13.4. The van der Waals surface area contributed by atoms with E-state index in [0.29, 0.717) is 31.3 Å². The number of ether oxygens (including phenoxy) is 4. The number of methoxy groups -OCH3 is 1. The molecule has 0 saturated carbocycles. The van der Waals surface area contributed by atoms with Gasteiger partial charge in [-0.2, -0.15) is 13.2 Å². The van der Waals surface area contributed by atoms with Gasteiger partial charge < -0.3 is 39.4 Å². The third-order valence-electron chi connectivity index (χ3n) is 7.11. The van der Waals surface area contributed by atoms with Crippen molar-refractivity contribution in [3.05, 3.63) is 83.9 Å². The number of alkyl halides is 3. The zero-order valence-corrected chi connectivity index (χ0v) is 26.4. The summed E-state index contributed by atoms with van der Waals surface area (Å²) < 4.78 is 54.2. The van der Waals surface area contributed by atoms with Gasteiger partial charge in [0, 0.05) is 6.54 Å². The molecule has 1 aliphatic heterocycles. The molecule has 0 aliphatic carbocycles. The summed E-state index contributed by atoms with van der Waals surface area (Å²) in [5.41, 5.74) is 1.87. The standard InChI is InChI=1S/C32H40N2O6.C2HF3O2/c1-24-6-5-7-29(22-24)40-21-20-39-27-10-8-25(9-11-27)32(36)30(23-34-17-3-4-18-34)33-31(35)16-19-38-28-14-12-26(37-2)13-15-28;3-2(4,5)1(6)7/h5-15,22,30,32,36H,3-4,16-21,23H2,1-2H3,(H,33,35);(H,6,7)/t30-,32-;/m1./s1. The Hall–Kier alpha value is -4.49. The van der Waals surface area contributed by atoms with Crippen LogP contribution in [0.2, 0.25) is 0 Å². The van der Waals surface area contributed by atoms with Crippen molar-refractivity contribution < 1.29 is 51.9 Å². The number of carbonyl (C=O) groups is 2. The van der Waals surface area contributed by atoms with Crippen LogP contribution < -0.4 is 24.3 Å². The molecule has 1 aliphatic rings. The van der Waals surface area contributed by atoms with Gasteiger partial charge in [-0.05, 0) is 92.5 Å². The number of halogens is 3. The summed E-state index contributed by atoms with van der Waals surface area (Å²) in [4.78, 5) is 24.0. The molecule has 10 nitrogen and oxygen atoms in total. The first-order valence-corrected chi connectivity index (χ1v) is 15.1. The predicted molar refractivity (Wildman–Crippen MR) is 168 cm³/mol. The van der Waals surface area contributed by atoms with E-state index in [-0.39, 0.29) is 18.9 Å². The number of nitrogens with zero attached hydrogens (tertiary/aromatic N) is 1. The number of likely N-dealkylation sites (tertiary alicyclic amines) is 1. The van der Waals surface area contributed by atoms with Crippen LogP contribution in [0.25, 0.3) is 0 Å². The molecule has 47 heavy (non-hydrogen) atoms. The number of hydrogen-bond acceptors (Lipinski definition) is 8. The number of amides is 1. The van der Waals surface area contributed by atoms with Crippen LogP contribution in [0.15, 0.2) is 72.8 Å². The zero-order chi connectivity index (χ0) is 34.2. The van der Waals surface area contributed by atoms with Gasteiger partial charge in [-0.15, -0.1) is 0 Å². The smallest absolute Gasteiger partial charge is 0.490 e. The van der Waals surface area contributed by atoms with Gasteiger partial charge in [0.25, 0.3) is 0 Å². The number of carbonyl (C=O) groups excluding carboxylic acids is 1. The maximum absolute atomic E-state index is 12.8. The molecule has 1 saturated heterocycles. The molecule has 1 fully saturated rings. The van der Waals surface area contributed by atoms with E-state index in [1.807, 2.05) is 67.6 Å². The monoisotopic (exact) mass is 662 g/mol. The molecular weight excluding hydrogens is 621 g/mol. The highest BCUT2D eigenvalue weighted by Crippen LogP contribution is 2.23. The van der Waals surface area contributed by atoms with Crippen LogP contribution in [-0.2, 0) is 9.59 Å². The van der Waals surface area contributed by atoms with Crippen LogP contribution in [0, 0.1) is 6.92 Å². The van der Waals surface area contributed by atoms with Crippen molar-refractivity contribution in [3.63, 3.8) is 0 Å². The highest BCUT2D eigenvalue weighted by atomic mass is 19.4. The van der Waals surface area contributed by atoms with Crippen molar-refractivity contribution in [1.82, 2.24) is 10.2 Å². The molecule has 0 radical (unpaired) electrons. The number of benzene rings is 3. The molecule has 3 aromatic rings. The van der Waals surface area contributed by atoms with Crippen molar-refractivity contribution in [2.24, 2.45) is 0 Å². The highest BCUT2D eigenvalue weighted by molar-refractivity contribution is 5.76. The van der Waals surface area contributed by atoms with Crippen molar-refractivity contribution >= 4 is 11.9 Å². The van der Waals surface area contributed by atoms with Crippen molar-refractivity contribution in [1.29, 1.82) is 0 Å². The summed E-state index contributed by atoms with van der Waals surface area (Å²) in [5.74, 6) is 0.0136. The lowest BCUT2D eigenvalue weighted by molar-refractivity contribution is -0.192. The van der Waals surface area contributed by atoms with Crippen LogP contribution in [-0.4, -0.2) is 85.8 Å². The van der Waals surface area contributed by atoms with Gasteiger partial charge in [0.15, 0.2) is 0 Å². The fourth-order valence-corrected chi connectivity index (χ4v) is 4.70. The fourth-order valence-electron chi connectivity index (χ4n) is 4.70. The normalized spacial score (nSPS) is 14.3. The number of aliphatic hydroxyl groups is 1. The lowest BCUT2D eigenvalue weighted by Gasteiger charge is -2.29. The van der Waals surface area contributed by atoms with E-state index in [1.165, 1.54) is 0 Å². The maximum Gasteiger partial charge on any atom is 0.490 e. The Bertz CT molecular complexity index is 1380. The first-order chi connectivity index (χ1) is 22.4. The predicted octanol–water partition coefficient (Wildman–Crippen LogP) is 5.18. The quantitative estimate of drug-likeness (QED) is 0.189. The minimum absolute atomic E-state index is 0.162. The van der Waals surface area contributed by atoms with Gasteiger partial charge in [0.1, 0.15) is 42.3 Å². The first-order valence-electron chi connectivity index (χ1n) is 15.1. The average molecular weight is 663 g/mol. The Morgan fingerprint density at radius 2 is 1.38 bits per heavy atom. The van der Waals surface area contributed by atoms with E-state index in [2.05, 4.69) is 10.2 Å². The molecule has 0 aromatic heterocycles. The summed E-state index contributed by atoms with van der Waals surface area (Å²) in [6.07, 6.45) is -3.49.